The predicted octanol–water partition coefficient (Wildman–Crippen LogP) is 2.37. The first-order chi connectivity index (χ1) is 6.67. The van der Waals surface area contributed by atoms with Crippen LogP contribution in [0.2, 0.25) is 0 Å². The topological polar surface area (TPSA) is 23.5 Å². The summed E-state index contributed by atoms with van der Waals surface area (Å²) in [6.07, 6.45) is 0. The van der Waals surface area contributed by atoms with E-state index in [-0.39, 0.29) is 11.6 Å². The van der Waals surface area contributed by atoms with Crippen LogP contribution in [0, 0.1) is 5.82 Å². The molecule has 0 heterocycles. The summed E-state index contributed by atoms with van der Waals surface area (Å²) < 4.78 is 12.9. The molecule has 1 aromatic rings. The molecule has 0 aliphatic rings. The summed E-state index contributed by atoms with van der Waals surface area (Å²) in [6, 6.07) is 4.04. The zero-order valence-corrected chi connectivity index (χ0v) is 8.63. The molecule has 1 N–H and O–H groups in total. The first kappa shape index (κ1) is 11.0. The van der Waals surface area contributed by atoms with Crippen LogP contribution in [-0.2, 0) is 6.54 Å². The molecule has 1 rings (SSSR count). The number of phenolic OH excluding ortho intramolecular Hbond substituents is 1. The Morgan fingerprint density at radius 3 is 2.50 bits per heavy atom. The monoisotopic (exact) mass is 197 g/mol. The van der Waals surface area contributed by atoms with E-state index in [2.05, 4.69) is 4.90 Å². The minimum absolute atomic E-state index is 0.165. The molecule has 0 atom stereocenters. The second kappa shape index (κ2) is 4.96. The van der Waals surface area contributed by atoms with E-state index in [0.717, 1.165) is 13.1 Å². The van der Waals surface area contributed by atoms with E-state index in [9.17, 15) is 9.50 Å². The summed E-state index contributed by atoms with van der Waals surface area (Å²) in [5, 5.41) is 9.48. The van der Waals surface area contributed by atoms with Gasteiger partial charge in [-0.15, -0.1) is 0 Å². The van der Waals surface area contributed by atoms with Crippen molar-refractivity contribution in [1.29, 1.82) is 0 Å². The second-order valence-electron chi connectivity index (χ2n) is 3.23. The number of halogens is 1. The third-order valence-corrected chi connectivity index (χ3v) is 2.33. The lowest BCUT2D eigenvalue weighted by atomic mass is 10.2. The molecule has 0 amide bonds. The molecule has 0 spiro atoms. The predicted molar refractivity (Wildman–Crippen MR) is 54.7 cm³/mol. The van der Waals surface area contributed by atoms with Crippen LogP contribution >= 0.6 is 0 Å². The fourth-order valence-corrected chi connectivity index (χ4v) is 1.37. The van der Waals surface area contributed by atoms with Gasteiger partial charge in [0.05, 0.1) is 0 Å². The molecular formula is C11H16FNO. The molecule has 0 saturated carbocycles. The Bertz CT molecular complexity index is 297. The van der Waals surface area contributed by atoms with Crippen molar-refractivity contribution in [2.24, 2.45) is 0 Å². The highest BCUT2D eigenvalue weighted by Crippen LogP contribution is 2.19. The summed E-state index contributed by atoms with van der Waals surface area (Å²) in [5.41, 5.74) is 0.647. The summed E-state index contributed by atoms with van der Waals surface area (Å²) in [6.45, 7) is 6.47. The Kier molecular flexibility index (Phi) is 3.89. The normalized spacial score (nSPS) is 10.9. The Morgan fingerprint density at radius 2 is 1.93 bits per heavy atom. The zero-order valence-electron chi connectivity index (χ0n) is 8.63. The molecule has 0 unspecified atom stereocenters. The fraction of sp³-hybridized carbons (Fsp3) is 0.455. The largest absolute Gasteiger partial charge is 0.508 e. The van der Waals surface area contributed by atoms with E-state index in [1.54, 1.807) is 0 Å². The molecule has 14 heavy (non-hydrogen) atoms. The molecule has 78 valence electrons. The van der Waals surface area contributed by atoms with Crippen molar-refractivity contribution >= 4 is 0 Å². The van der Waals surface area contributed by atoms with Crippen molar-refractivity contribution in [2.45, 2.75) is 20.4 Å². The number of aromatic hydroxyl groups is 1. The van der Waals surface area contributed by atoms with E-state index in [0.29, 0.717) is 12.1 Å². The van der Waals surface area contributed by atoms with Gasteiger partial charge in [0.25, 0.3) is 0 Å². The standard InChI is InChI=1S/C11H16FNO/c1-3-13(4-2)8-9-7-10(12)5-6-11(9)14/h5-7,14H,3-4,8H2,1-2H3. The van der Waals surface area contributed by atoms with Crippen LogP contribution in [0.25, 0.3) is 0 Å². The van der Waals surface area contributed by atoms with Crippen LogP contribution in [0.5, 0.6) is 5.75 Å². The first-order valence-electron chi connectivity index (χ1n) is 4.87. The molecule has 0 aromatic heterocycles. The van der Waals surface area contributed by atoms with Gasteiger partial charge in [0.15, 0.2) is 0 Å². The van der Waals surface area contributed by atoms with E-state index in [1.165, 1.54) is 18.2 Å². The van der Waals surface area contributed by atoms with Gasteiger partial charge in [-0.3, -0.25) is 4.90 Å². The SMILES string of the molecule is CCN(CC)Cc1cc(F)ccc1O. The molecule has 1 aromatic carbocycles. The number of hydrogen-bond donors (Lipinski definition) is 1. The van der Waals surface area contributed by atoms with Gasteiger partial charge < -0.3 is 5.11 Å². The average Bonchev–Trinajstić information content (AvgIpc) is 2.19. The molecule has 2 nitrogen and oxygen atoms in total. The Labute approximate surface area is 84.0 Å². The number of rotatable bonds is 4. The molecular weight excluding hydrogens is 181 g/mol. The van der Waals surface area contributed by atoms with Gasteiger partial charge >= 0.3 is 0 Å². The van der Waals surface area contributed by atoms with Gasteiger partial charge in [0.1, 0.15) is 11.6 Å². The summed E-state index contributed by atoms with van der Waals surface area (Å²) in [7, 11) is 0. The Hall–Kier alpha value is -1.09. The number of phenols is 1. The maximum Gasteiger partial charge on any atom is 0.123 e. The summed E-state index contributed by atoms with van der Waals surface area (Å²) in [5.74, 6) is -0.136. The maximum atomic E-state index is 12.9. The highest BCUT2D eigenvalue weighted by Gasteiger charge is 2.06. The van der Waals surface area contributed by atoms with Crippen molar-refractivity contribution in [2.75, 3.05) is 13.1 Å². The first-order valence-corrected chi connectivity index (χ1v) is 4.87. The van der Waals surface area contributed by atoms with Crippen LogP contribution in [-0.4, -0.2) is 23.1 Å². The van der Waals surface area contributed by atoms with Crippen molar-refractivity contribution in [1.82, 2.24) is 4.90 Å². The smallest absolute Gasteiger partial charge is 0.123 e. The van der Waals surface area contributed by atoms with Gasteiger partial charge in [0.2, 0.25) is 0 Å². The lowest BCUT2D eigenvalue weighted by molar-refractivity contribution is 0.290. The maximum absolute atomic E-state index is 12.9. The van der Waals surface area contributed by atoms with Crippen molar-refractivity contribution in [3.63, 3.8) is 0 Å². The number of nitrogens with zero attached hydrogens (tertiary/aromatic N) is 1. The van der Waals surface area contributed by atoms with Crippen molar-refractivity contribution in [3.05, 3.63) is 29.6 Å². The molecule has 0 fully saturated rings. The van der Waals surface area contributed by atoms with Crippen LogP contribution in [0.1, 0.15) is 19.4 Å². The van der Waals surface area contributed by atoms with Gasteiger partial charge in [0, 0.05) is 12.1 Å². The molecule has 0 saturated heterocycles. The quantitative estimate of drug-likeness (QED) is 0.801. The van der Waals surface area contributed by atoms with Gasteiger partial charge in [-0.2, -0.15) is 0 Å². The Morgan fingerprint density at radius 1 is 1.29 bits per heavy atom. The number of benzene rings is 1. The van der Waals surface area contributed by atoms with Gasteiger partial charge in [-0.05, 0) is 31.3 Å². The molecule has 0 radical (unpaired) electrons. The minimum Gasteiger partial charge on any atom is -0.508 e. The molecule has 0 bridgehead atoms. The third-order valence-electron chi connectivity index (χ3n) is 2.33. The van der Waals surface area contributed by atoms with Crippen molar-refractivity contribution in [3.8, 4) is 5.75 Å². The highest BCUT2D eigenvalue weighted by atomic mass is 19.1. The fourth-order valence-electron chi connectivity index (χ4n) is 1.37. The molecule has 0 aliphatic heterocycles. The third kappa shape index (κ3) is 2.70. The van der Waals surface area contributed by atoms with Crippen LogP contribution in [0.15, 0.2) is 18.2 Å². The molecule has 0 aliphatic carbocycles. The van der Waals surface area contributed by atoms with E-state index >= 15 is 0 Å². The van der Waals surface area contributed by atoms with Crippen LogP contribution in [0.3, 0.4) is 0 Å². The highest BCUT2D eigenvalue weighted by molar-refractivity contribution is 5.32. The summed E-state index contributed by atoms with van der Waals surface area (Å²) >= 11 is 0. The minimum atomic E-state index is -0.301. The van der Waals surface area contributed by atoms with Crippen LogP contribution in [0.4, 0.5) is 4.39 Å². The average molecular weight is 197 g/mol. The van der Waals surface area contributed by atoms with Gasteiger partial charge in [-0.1, -0.05) is 13.8 Å². The second-order valence-corrected chi connectivity index (χ2v) is 3.23. The Balaban J connectivity index is 2.79. The van der Waals surface area contributed by atoms with E-state index in [4.69, 9.17) is 0 Å². The van der Waals surface area contributed by atoms with E-state index in [1.807, 2.05) is 13.8 Å². The zero-order chi connectivity index (χ0) is 10.6. The lowest BCUT2D eigenvalue weighted by Crippen LogP contribution is -2.22. The molecule has 3 heteroatoms. The number of hydrogen-bond acceptors (Lipinski definition) is 2. The summed E-state index contributed by atoms with van der Waals surface area (Å²) in [4.78, 5) is 2.12. The lowest BCUT2D eigenvalue weighted by Gasteiger charge is -2.18. The van der Waals surface area contributed by atoms with Crippen molar-refractivity contribution < 1.29 is 9.50 Å². The van der Waals surface area contributed by atoms with Gasteiger partial charge in [-0.25, -0.2) is 4.39 Å². The van der Waals surface area contributed by atoms with Crippen LogP contribution < -0.4 is 0 Å². The van der Waals surface area contributed by atoms with E-state index < -0.39 is 0 Å².